The number of rotatable bonds is 5. The molecular formula is C27H22ClNO7. The number of benzene rings is 3. The lowest BCUT2D eigenvalue weighted by Gasteiger charge is -2.26. The van der Waals surface area contributed by atoms with Crippen LogP contribution in [-0.4, -0.2) is 37.8 Å². The smallest absolute Gasteiger partial charge is 0.300 e. The van der Waals surface area contributed by atoms with Gasteiger partial charge in [0.25, 0.3) is 11.7 Å². The van der Waals surface area contributed by atoms with Crippen LogP contribution in [0.15, 0.2) is 60.2 Å². The summed E-state index contributed by atoms with van der Waals surface area (Å²) >= 11 is 6.23. The Morgan fingerprint density at radius 2 is 1.75 bits per heavy atom. The summed E-state index contributed by atoms with van der Waals surface area (Å²) in [4.78, 5) is 28.3. The fourth-order valence-corrected chi connectivity index (χ4v) is 4.71. The van der Waals surface area contributed by atoms with Gasteiger partial charge in [0, 0.05) is 17.8 Å². The third-order valence-corrected chi connectivity index (χ3v) is 6.46. The van der Waals surface area contributed by atoms with Crippen LogP contribution in [0.3, 0.4) is 0 Å². The number of fused-ring (bicyclic) bond motifs is 1. The van der Waals surface area contributed by atoms with E-state index in [4.69, 9.17) is 30.5 Å². The molecule has 2 aliphatic heterocycles. The molecule has 8 nitrogen and oxygen atoms in total. The minimum Gasteiger partial charge on any atom is -0.507 e. The average Bonchev–Trinajstić information content (AvgIpc) is 3.45. The van der Waals surface area contributed by atoms with Gasteiger partial charge in [-0.2, -0.15) is 0 Å². The molecule has 2 aliphatic rings. The molecule has 1 fully saturated rings. The fraction of sp³-hybridized carbons (Fsp3) is 0.185. The van der Waals surface area contributed by atoms with Gasteiger partial charge in [-0.3, -0.25) is 14.5 Å². The second kappa shape index (κ2) is 9.13. The summed E-state index contributed by atoms with van der Waals surface area (Å²) in [5, 5.41) is 11.8. The Morgan fingerprint density at radius 3 is 2.47 bits per heavy atom. The Morgan fingerprint density at radius 1 is 1.00 bits per heavy atom. The molecule has 0 radical (unpaired) electrons. The number of amides is 1. The van der Waals surface area contributed by atoms with E-state index in [9.17, 15) is 14.7 Å². The Bertz CT molecular complexity index is 1430. The van der Waals surface area contributed by atoms with Crippen LogP contribution in [0.4, 0.5) is 5.69 Å². The van der Waals surface area contributed by atoms with E-state index in [-0.39, 0.29) is 34.5 Å². The third-order valence-electron chi connectivity index (χ3n) is 6.17. The Balaban J connectivity index is 1.75. The van der Waals surface area contributed by atoms with Gasteiger partial charge in [0.05, 0.1) is 36.4 Å². The molecule has 3 aromatic rings. The van der Waals surface area contributed by atoms with E-state index in [2.05, 4.69) is 0 Å². The maximum absolute atomic E-state index is 13.5. The summed E-state index contributed by atoms with van der Waals surface area (Å²) in [5.74, 6) is -0.544. The van der Waals surface area contributed by atoms with Gasteiger partial charge >= 0.3 is 0 Å². The summed E-state index contributed by atoms with van der Waals surface area (Å²) in [5.41, 5.74) is 2.07. The highest BCUT2D eigenvalue weighted by Gasteiger charge is 2.47. The molecule has 1 amide bonds. The minimum atomic E-state index is -0.920. The highest BCUT2D eigenvalue weighted by atomic mass is 35.5. The van der Waals surface area contributed by atoms with E-state index >= 15 is 0 Å². The number of aliphatic hydroxyl groups excluding tert-OH is 1. The molecule has 184 valence electrons. The van der Waals surface area contributed by atoms with Gasteiger partial charge in [-0.25, -0.2) is 0 Å². The lowest BCUT2D eigenvalue weighted by Crippen LogP contribution is -2.29. The van der Waals surface area contributed by atoms with Crippen LogP contribution in [0, 0.1) is 6.92 Å². The van der Waals surface area contributed by atoms with Crippen molar-refractivity contribution < 1.29 is 33.6 Å². The van der Waals surface area contributed by atoms with Gasteiger partial charge in [-0.1, -0.05) is 41.4 Å². The number of ether oxygens (including phenoxy) is 4. The standard InChI is InChI=1S/C27H22ClNO7/c1-14-5-4-6-15(9-14)24-23(25(30)17-11-21(34-3)18(28)12-20(17)33-2)26(31)27(32)29(24)16-7-8-19-22(10-16)36-13-35-19/h4-12,24,30H,13H2,1-3H3/b25-23+. The van der Waals surface area contributed by atoms with Gasteiger partial charge in [0.15, 0.2) is 11.5 Å². The largest absolute Gasteiger partial charge is 0.507 e. The first kappa shape index (κ1) is 23.6. The maximum Gasteiger partial charge on any atom is 0.300 e. The number of ketones is 1. The molecular weight excluding hydrogens is 486 g/mol. The number of aliphatic hydroxyl groups is 1. The second-order valence-corrected chi connectivity index (χ2v) is 8.72. The van der Waals surface area contributed by atoms with Crippen LogP contribution in [0.2, 0.25) is 5.02 Å². The monoisotopic (exact) mass is 507 g/mol. The molecule has 1 atom stereocenters. The molecule has 0 saturated carbocycles. The zero-order chi connectivity index (χ0) is 25.6. The van der Waals surface area contributed by atoms with E-state index in [0.717, 1.165) is 5.56 Å². The summed E-state index contributed by atoms with van der Waals surface area (Å²) in [6, 6.07) is 14.4. The number of hydrogen-bond donors (Lipinski definition) is 1. The van der Waals surface area contributed by atoms with Crippen LogP contribution in [0.25, 0.3) is 5.76 Å². The van der Waals surface area contributed by atoms with Crippen LogP contribution < -0.4 is 23.8 Å². The number of Topliss-reactive ketones (excluding diaryl/α,β-unsaturated/α-hetero) is 1. The summed E-state index contributed by atoms with van der Waals surface area (Å²) in [6.07, 6.45) is 0. The number of carbonyl (C=O) groups excluding carboxylic acids is 2. The van der Waals surface area contributed by atoms with Gasteiger partial charge < -0.3 is 24.1 Å². The molecule has 0 aliphatic carbocycles. The number of anilines is 1. The van der Waals surface area contributed by atoms with Gasteiger partial charge in [0.1, 0.15) is 17.3 Å². The van der Waals surface area contributed by atoms with E-state index in [1.54, 1.807) is 24.3 Å². The molecule has 0 aromatic heterocycles. The lowest BCUT2D eigenvalue weighted by molar-refractivity contribution is -0.132. The topological polar surface area (TPSA) is 94.5 Å². The average molecular weight is 508 g/mol. The van der Waals surface area contributed by atoms with Gasteiger partial charge in [-0.15, -0.1) is 0 Å². The van der Waals surface area contributed by atoms with Gasteiger partial charge in [0.2, 0.25) is 6.79 Å². The van der Waals surface area contributed by atoms with Crippen molar-refractivity contribution in [1.29, 1.82) is 0 Å². The molecule has 1 N–H and O–H groups in total. The zero-order valence-electron chi connectivity index (χ0n) is 19.7. The molecule has 5 rings (SSSR count). The molecule has 0 spiro atoms. The molecule has 36 heavy (non-hydrogen) atoms. The maximum atomic E-state index is 13.5. The van der Waals surface area contributed by atoms with Crippen LogP contribution in [0.1, 0.15) is 22.7 Å². The lowest BCUT2D eigenvalue weighted by atomic mass is 9.94. The first-order valence-corrected chi connectivity index (χ1v) is 11.4. The summed E-state index contributed by atoms with van der Waals surface area (Å²) in [6.45, 7) is 1.97. The van der Waals surface area contributed by atoms with Crippen molar-refractivity contribution in [1.82, 2.24) is 0 Å². The number of hydrogen-bond acceptors (Lipinski definition) is 7. The van der Waals surface area contributed by atoms with Crippen molar-refractivity contribution in [2.45, 2.75) is 13.0 Å². The molecule has 2 heterocycles. The normalized spacial score (nSPS) is 18.0. The first-order chi connectivity index (χ1) is 17.3. The highest BCUT2D eigenvalue weighted by Crippen LogP contribution is 2.46. The quantitative estimate of drug-likeness (QED) is 0.294. The molecule has 1 unspecified atom stereocenters. The Labute approximate surface area is 212 Å². The van der Waals surface area contributed by atoms with Crippen molar-refractivity contribution in [2.24, 2.45) is 0 Å². The van der Waals surface area contributed by atoms with Crippen molar-refractivity contribution in [3.63, 3.8) is 0 Å². The van der Waals surface area contributed by atoms with Crippen LogP contribution in [0.5, 0.6) is 23.0 Å². The Kier molecular flexibility index (Phi) is 5.97. The number of nitrogens with zero attached hydrogens (tertiary/aromatic N) is 1. The molecule has 0 bridgehead atoms. The molecule has 3 aromatic carbocycles. The molecule has 9 heteroatoms. The van der Waals surface area contributed by atoms with E-state index in [1.807, 2.05) is 25.1 Å². The highest BCUT2D eigenvalue weighted by molar-refractivity contribution is 6.51. The summed E-state index contributed by atoms with van der Waals surface area (Å²) < 4.78 is 21.6. The van der Waals surface area contributed by atoms with E-state index < -0.39 is 23.5 Å². The number of aryl methyl sites for hydroxylation is 1. The first-order valence-electron chi connectivity index (χ1n) is 11.0. The SMILES string of the molecule is COc1cc(/C(O)=C2\C(=O)C(=O)N(c3ccc4c(c3)OCO4)C2c2cccc(C)c2)c(OC)cc1Cl. The van der Waals surface area contributed by atoms with Crippen molar-refractivity contribution in [2.75, 3.05) is 25.9 Å². The van der Waals surface area contributed by atoms with Crippen LogP contribution in [-0.2, 0) is 9.59 Å². The zero-order valence-corrected chi connectivity index (χ0v) is 20.5. The predicted octanol–water partition coefficient (Wildman–Crippen LogP) is 5.02. The van der Waals surface area contributed by atoms with Crippen molar-refractivity contribution in [3.8, 4) is 23.0 Å². The van der Waals surface area contributed by atoms with E-state index in [0.29, 0.717) is 22.7 Å². The third kappa shape index (κ3) is 3.79. The summed E-state index contributed by atoms with van der Waals surface area (Å²) in [7, 11) is 2.85. The van der Waals surface area contributed by atoms with Gasteiger partial charge in [-0.05, 0) is 30.7 Å². The predicted molar refractivity (Wildman–Crippen MR) is 133 cm³/mol. The fourth-order valence-electron chi connectivity index (χ4n) is 4.48. The molecule has 1 saturated heterocycles. The minimum absolute atomic E-state index is 0.0666. The van der Waals surface area contributed by atoms with Crippen molar-refractivity contribution >= 4 is 34.7 Å². The number of methoxy groups -OCH3 is 2. The van der Waals surface area contributed by atoms with E-state index in [1.165, 1.54) is 31.3 Å². The second-order valence-electron chi connectivity index (χ2n) is 8.31. The Hall–Kier alpha value is -4.17. The van der Waals surface area contributed by atoms with Crippen LogP contribution >= 0.6 is 11.6 Å². The van der Waals surface area contributed by atoms with Crippen molar-refractivity contribution in [3.05, 3.63) is 81.9 Å². The number of carbonyl (C=O) groups is 2. The number of halogens is 1.